The van der Waals surface area contributed by atoms with Gasteiger partial charge in [0.05, 0.1) is 0 Å². The Morgan fingerprint density at radius 1 is 0.789 bits per heavy atom. The number of hydrogen-bond donors (Lipinski definition) is 1. The second-order valence-corrected chi connectivity index (χ2v) is 5.57. The van der Waals surface area contributed by atoms with E-state index in [9.17, 15) is 0 Å². The summed E-state index contributed by atoms with van der Waals surface area (Å²) in [6.07, 6.45) is 17.0. The van der Waals surface area contributed by atoms with Crippen molar-refractivity contribution in [1.29, 1.82) is 0 Å². The summed E-state index contributed by atoms with van der Waals surface area (Å²) in [5, 5.41) is 4.29. The number of rotatable bonds is 13. The Hall–Kier alpha value is -0.0800. The number of allylic oxidation sites excluding steroid dienone is 2. The van der Waals surface area contributed by atoms with E-state index < -0.39 is 0 Å². The van der Waals surface area contributed by atoms with E-state index in [2.05, 4.69) is 34.4 Å². The molecule has 0 atom stereocenters. The highest BCUT2D eigenvalue weighted by Crippen LogP contribution is 2.04. The van der Waals surface area contributed by atoms with Gasteiger partial charge in [-0.15, -0.1) is 13.2 Å². The molecule has 0 fully saturated rings. The number of hydrogen-bond acceptors (Lipinski definition) is 1. The zero-order chi connectivity index (χ0) is 14.6. The molecule has 0 bridgehead atoms. The summed E-state index contributed by atoms with van der Waals surface area (Å²) in [5.41, 5.74) is 0. The molecule has 0 aromatic heterocycles. The molecule has 0 amide bonds. The fourth-order valence-electron chi connectivity index (χ4n) is 1.68. The van der Waals surface area contributed by atoms with E-state index in [1.54, 1.807) is 0 Å². The van der Waals surface area contributed by atoms with Crippen molar-refractivity contribution >= 4 is 15.9 Å². The van der Waals surface area contributed by atoms with Crippen LogP contribution in [0.3, 0.4) is 0 Å². The Morgan fingerprint density at radius 2 is 1.26 bits per heavy atom. The predicted octanol–water partition coefficient (Wildman–Crippen LogP) is 5.86. The normalized spacial score (nSPS) is 9.58. The van der Waals surface area contributed by atoms with Crippen molar-refractivity contribution in [3.05, 3.63) is 25.3 Å². The van der Waals surface area contributed by atoms with E-state index in [0.717, 1.165) is 11.9 Å². The summed E-state index contributed by atoms with van der Waals surface area (Å²) in [6, 6.07) is 0. The van der Waals surface area contributed by atoms with Crippen molar-refractivity contribution in [2.75, 3.05) is 18.9 Å². The summed E-state index contributed by atoms with van der Waals surface area (Å²) < 4.78 is 0. The molecule has 114 valence electrons. The molecular weight excluding hydrogens is 298 g/mol. The summed E-state index contributed by atoms with van der Waals surface area (Å²) in [6.45, 7) is 8.51. The lowest BCUT2D eigenvalue weighted by atomic mass is 10.1. The van der Waals surface area contributed by atoms with Crippen molar-refractivity contribution < 1.29 is 0 Å². The molecule has 19 heavy (non-hydrogen) atoms. The van der Waals surface area contributed by atoms with Crippen molar-refractivity contribution in [3.63, 3.8) is 0 Å². The third kappa shape index (κ3) is 27.2. The number of nitrogens with one attached hydrogen (secondary N) is 1. The zero-order valence-electron chi connectivity index (χ0n) is 12.9. The van der Waals surface area contributed by atoms with Crippen LogP contribution in [-0.4, -0.2) is 18.9 Å². The maximum atomic E-state index is 3.68. The molecule has 0 aliphatic heterocycles. The molecule has 0 saturated heterocycles. The van der Waals surface area contributed by atoms with Crippen LogP contribution >= 0.6 is 15.9 Å². The Balaban J connectivity index is 0. The maximum absolute atomic E-state index is 3.68. The lowest BCUT2D eigenvalue weighted by Crippen LogP contribution is -2.06. The van der Waals surface area contributed by atoms with E-state index in [-0.39, 0.29) is 0 Å². The molecule has 1 N–H and O–H groups in total. The fraction of sp³-hybridized carbons (Fsp3) is 0.765. The molecule has 0 saturated carbocycles. The van der Waals surface area contributed by atoms with Crippen LogP contribution in [0.2, 0.25) is 0 Å². The second kappa shape index (κ2) is 23.0. The van der Waals surface area contributed by atoms with Crippen LogP contribution in [0, 0.1) is 0 Å². The minimum Gasteiger partial charge on any atom is -0.320 e. The highest BCUT2D eigenvalue weighted by molar-refractivity contribution is 9.09. The molecular formula is C17H34BrN. The van der Waals surface area contributed by atoms with E-state index in [4.69, 9.17) is 0 Å². The van der Waals surface area contributed by atoms with Gasteiger partial charge in [-0.05, 0) is 52.1 Å². The van der Waals surface area contributed by atoms with Crippen LogP contribution in [-0.2, 0) is 0 Å². The second-order valence-electron chi connectivity index (χ2n) is 4.78. The van der Waals surface area contributed by atoms with E-state index in [1.807, 2.05) is 19.2 Å². The summed E-state index contributed by atoms with van der Waals surface area (Å²) in [4.78, 5) is 0. The Labute approximate surface area is 130 Å². The first-order valence-corrected chi connectivity index (χ1v) is 8.88. The van der Waals surface area contributed by atoms with Gasteiger partial charge in [-0.1, -0.05) is 53.8 Å². The molecule has 2 heteroatoms. The van der Waals surface area contributed by atoms with Crippen molar-refractivity contribution in [3.8, 4) is 0 Å². The van der Waals surface area contributed by atoms with Crippen LogP contribution in [0.1, 0.15) is 64.2 Å². The standard InChI is InChI=1S/C9H19N.C8H15Br/c1-3-4-5-6-7-8-9-10-2;1-2-3-4-5-6-7-8-9/h3,10H,1,4-9H2,2H3;2H,1,3-8H2. The van der Waals surface area contributed by atoms with Gasteiger partial charge in [0, 0.05) is 5.33 Å². The van der Waals surface area contributed by atoms with Gasteiger partial charge in [-0.2, -0.15) is 0 Å². The summed E-state index contributed by atoms with van der Waals surface area (Å²) in [7, 11) is 2.00. The molecule has 0 rings (SSSR count). The van der Waals surface area contributed by atoms with Crippen molar-refractivity contribution in [1.82, 2.24) is 5.32 Å². The summed E-state index contributed by atoms with van der Waals surface area (Å²) in [5.74, 6) is 0. The molecule has 0 radical (unpaired) electrons. The van der Waals surface area contributed by atoms with Gasteiger partial charge in [0.15, 0.2) is 0 Å². The zero-order valence-corrected chi connectivity index (χ0v) is 14.5. The van der Waals surface area contributed by atoms with Crippen molar-refractivity contribution in [2.24, 2.45) is 0 Å². The van der Waals surface area contributed by atoms with Gasteiger partial charge in [0.1, 0.15) is 0 Å². The van der Waals surface area contributed by atoms with Gasteiger partial charge >= 0.3 is 0 Å². The van der Waals surface area contributed by atoms with Gasteiger partial charge in [0.2, 0.25) is 0 Å². The monoisotopic (exact) mass is 331 g/mol. The lowest BCUT2D eigenvalue weighted by Gasteiger charge is -1.97. The molecule has 0 unspecified atom stereocenters. The first-order valence-electron chi connectivity index (χ1n) is 7.75. The largest absolute Gasteiger partial charge is 0.320 e. The number of alkyl halides is 1. The third-order valence-electron chi connectivity index (χ3n) is 2.88. The Bertz CT molecular complexity index is 169. The molecule has 0 spiro atoms. The van der Waals surface area contributed by atoms with Crippen LogP contribution in [0.4, 0.5) is 0 Å². The highest BCUT2D eigenvalue weighted by Gasteiger charge is 1.86. The minimum atomic E-state index is 1.15. The first kappa shape index (κ1) is 21.2. The molecule has 0 aromatic rings. The average Bonchev–Trinajstić information content (AvgIpc) is 2.43. The topological polar surface area (TPSA) is 12.0 Å². The smallest absolute Gasteiger partial charge is 0.00313 e. The Morgan fingerprint density at radius 3 is 1.68 bits per heavy atom. The first-order chi connectivity index (χ1) is 9.33. The van der Waals surface area contributed by atoms with Crippen LogP contribution in [0.25, 0.3) is 0 Å². The highest BCUT2D eigenvalue weighted by atomic mass is 79.9. The SMILES string of the molecule is C=CCCCCCCBr.C=CCCCCCCNC. The van der Waals surface area contributed by atoms with E-state index in [1.165, 1.54) is 64.2 Å². The summed E-state index contributed by atoms with van der Waals surface area (Å²) >= 11 is 3.40. The molecule has 1 nitrogen and oxygen atoms in total. The average molecular weight is 332 g/mol. The fourth-order valence-corrected chi connectivity index (χ4v) is 2.08. The molecule has 0 aliphatic rings. The van der Waals surface area contributed by atoms with Crippen LogP contribution in [0.5, 0.6) is 0 Å². The van der Waals surface area contributed by atoms with Gasteiger partial charge < -0.3 is 5.32 Å². The number of unbranched alkanes of at least 4 members (excludes halogenated alkanes) is 8. The molecule has 0 aromatic carbocycles. The molecule has 0 heterocycles. The van der Waals surface area contributed by atoms with Gasteiger partial charge in [-0.3, -0.25) is 0 Å². The predicted molar refractivity (Wildman–Crippen MR) is 94.3 cm³/mol. The van der Waals surface area contributed by atoms with E-state index in [0.29, 0.717) is 0 Å². The third-order valence-corrected chi connectivity index (χ3v) is 3.44. The van der Waals surface area contributed by atoms with Crippen LogP contribution < -0.4 is 5.32 Å². The lowest BCUT2D eigenvalue weighted by molar-refractivity contribution is 0.621. The van der Waals surface area contributed by atoms with Crippen LogP contribution in [0.15, 0.2) is 25.3 Å². The van der Waals surface area contributed by atoms with E-state index >= 15 is 0 Å². The maximum Gasteiger partial charge on any atom is 0.00313 e. The van der Waals surface area contributed by atoms with Crippen molar-refractivity contribution in [2.45, 2.75) is 64.2 Å². The van der Waals surface area contributed by atoms with Gasteiger partial charge in [-0.25, -0.2) is 0 Å². The Kier molecular flexibility index (Phi) is 25.7. The quantitative estimate of drug-likeness (QED) is 0.253. The minimum absolute atomic E-state index is 1.15. The van der Waals surface area contributed by atoms with Gasteiger partial charge in [0.25, 0.3) is 0 Å². The molecule has 0 aliphatic carbocycles. The number of halogens is 1.